The lowest BCUT2D eigenvalue weighted by Crippen LogP contribution is -2.07. The maximum absolute atomic E-state index is 12.3. The van der Waals surface area contributed by atoms with Crippen LogP contribution in [-0.4, -0.2) is 26.8 Å². The SMILES string of the molecule is CCOc1c(Br)cc(C(=O)OCc2ccc(OC)cc2)cc1OC. The maximum atomic E-state index is 12.3. The molecule has 128 valence electrons. The summed E-state index contributed by atoms with van der Waals surface area (Å²) in [6, 6.07) is 10.6. The molecule has 2 aromatic rings. The van der Waals surface area contributed by atoms with E-state index in [1.165, 1.54) is 7.11 Å². The van der Waals surface area contributed by atoms with Crippen molar-refractivity contribution < 1.29 is 23.7 Å². The average Bonchev–Trinajstić information content (AvgIpc) is 2.61. The van der Waals surface area contributed by atoms with Crippen molar-refractivity contribution in [1.29, 1.82) is 0 Å². The fourth-order valence-electron chi connectivity index (χ4n) is 2.08. The van der Waals surface area contributed by atoms with E-state index in [2.05, 4.69) is 15.9 Å². The molecule has 0 fully saturated rings. The summed E-state index contributed by atoms with van der Waals surface area (Å²) in [4.78, 5) is 12.3. The van der Waals surface area contributed by atoms with Crippen LogP contribution >= 0.6 is 15.9 Å². The van der Waals surface area contributed by atoms with E-state index in [0.29, 0.717) is 28.1 Å². The fourth-order valence-corrected chi connectivity index (χ4v) is 2.63. The van der Waals surface area contributed by atoms with Gasteiger partial charge in [-0.05, 0) is 52.7 Å². The standard InChI is InChI=1S/C18H19BrO5/c1-4-23-17-15(19)9-13(10-16(17)22-3)18(20)24-11-12-5-7-14(21-2)8-6-12/h5-10H,4,11H2,1-3H3. The summed E-state index contributed by atoms with van der Waals surface area (Å²) >= 11 is 3.39. The molecule has 0 aliphatic heterocycles. The molecule has 0 N–H and O–H groups in total. The van der Waals surface area contributed by atoms with E-state index in [-0.39, 0.29) is 6.61 Å². The molecule has 2 aromatic carbocycles. The molecule has 0 atom stereocenters. The van der Waals surface area contributed by atoms with Crippen LogP contribution in [0.15, 0.2) is 40.9 Å². The van der Waals surface area contributed by atoms with Crippen molar-refractivity contribution in [2.24, 2.45) is 0 Å². The summed E-state index contributed by atoms with van der Waals surface area (Å²) in [6.45, 7) is 2.55. The third-order valence-electron chi connectivity index (χ3n) is 3.28. The Kier molecular flexibility index (Phi) is 6.49. The van der Waals surface area contributed by atoms with Gasteiger partial charge in [-0.25, -0.2) is 4.79 Å². The van der Waals surface area contributed by atoms with Crippen LogP contribution in [0.2, 0.25) is 0 Å². The predicted octanol–water partition coefficient (Wildman–Crippen LogP) is 4.22. The lowest BCUT2D eigenvalue weighted by molar-refractivity contribution is 0.0472. The molecular formula is C18H19BrO5. The largest absolute Gasteiger partial charge is 0.497 e. The molecule has 0 saturated heterocycles. The monoisotopic (exact) mass is 394 g/mol. The first-order valence-electron chi connectivity index (χ1n) is 7.39. The van der Waals surface area contributed by atoms with Crippen LogP contribution in [0.5, 0.6) is 17.2 Å². The molecule has 0 radical (unpaired) electrons. The summed E-state index contributed by atoms with van der Waals surface area (Å²) in [5.74, 6) is 1.35. The fraction of sp³-hybridized carbons (Fsp3) is 0.278. The minimum Gasteiger partial charge on any atom is -0.497 e. The summed E-state index contributed by atoms with van der Waals surface area (Å²) in [6.07, 6.45) is 0. The molecular weight excluding hydrogens is 376 g/mol. The summed E-state index contributed by atoms with van der Waals surface area (Å²) in [5.41, 5.74) is 1.26. The van der Waals surface area contributed by atoms with E-state index in [1.54, 1.807) is 19.2 Å². The highest BCUT2D eigenvalue weighted by Crippen LogP contribution is 2.36. The van der Waals surface area contributed by atoms with E-state index in [0.717, 1.165) is 11.3 Å². The number of hydrogen-bond donors (Lipinski definition) is 0. The maximum Gasteiger partial charge on any atom is 0.338 e. The average molecular weight is 395 g/mol. The second-order valence-corrected chi connectivity index (χ2v) is 5.70. The van der Waals surface area contributed by atoms with Crippen molar-refractivity contribution in [2.75, 3.05) is 20.8 Å². The van der Waals surface area contributed by atoms with Gasteiger partial charge in [0.05, 0.1) is 30.9 Å². The van der Waals surface area contributed by atoms with Gasteiger partial charge in [0.2, 0.25) is 0 Å². The Balaban J connectivity index is 2.09. The molecule has 6 heteroatoms. The van der Waals surface area contributed by atoms with Gasteiger partial charge in [0.1, 0.15) is 12.4 Å². The zero-order valence-corrected chi connectivity index (χ0v) is 15.4. The highest BCUT2D eigenvalue weighted by Gasteiger charge is 2.16. The Labute approximate surface area is 149 Å². The molecule has 0 aliphatic rings. The number of halogens is 1. The van der Waals surface area contributed by atoms with Gasteiger partial charge in [-0.3, -0.25) is 0 Å². The highest BCUT2D eigenvalue weighted by molar-refractivity contribution is 9.10. The molecule has 0 amide bonds. The van der Waals surface area contributed by atoms with Gasteiger partial charge < -0.3 is 18.9 Å². The van der Waals surface area contributed by atoms with E-state index < -0.39 is 5.97 Å². The van der Waals surface area contributed by atoms with Crippen molar-refractivity contribution in [3.05, 3.63) is 52.0 Å². The van der Waals surface area contributed by atoms with Crippen molar-refractivity contribution >= 4 is 21.9 Å². The smallest absolute Gasteiger partial charge is 0.338 e. The van der Waals surface area contributed by atoms with Crippen LogP contribution < -0.4 is 14.2 Å². The number of carbonyl (C=O) groups is 1. The number of benzene rings is 2. The third-order valence-corrected chi connectivity index (χ3v) is 3.87. The number of carbonyl (C=O) groups excluding carboxylic acids is 1. The van der Waals surface area contributed by atoms with Crippen LogP contribution in [0, 0.1) is 0 Å². The van der Waals surface area contributed by atoms with E-state index >= 15 is 0 Å². The number of esters is 1. The first kappa shape index (κ1) is 18.1. The van der Waals surface area contributed by atoms with Gasteiger partial charge in [0.25, 0.3) is 0 Å². The Morgan fingerprint density at radius 3 is 2.38 bits per heavy atom. The van der Waals surface area contributed by atoms with Gasteiger partial charge in [-0.1, -0.05) is 12.1 Å². The first-order chi connectivity index (χ1) is 11.6. The predicted molar refractivity (Wildman–Crippen MR) is 94.0 cm³/mol. The molecule has 0 heterocycles. The number of methoxy groups -OCH3 is 2. The zero-order chi connectivity index (χ0) is 17.5. The molecule has 0 aliphatic carbocycles. The molecule has 0 aromatic heterocycles. The van der Waals surface area contributed by atoms with Crippen molar-refractivity contribution in [1.82, 2.24) is 0 Å². The molecule has 5 nitrogen and oxygen atoms in total. The number of rotatable bonds is 7. The number of ether oxygens (including phenoxy) is 4. The van der Waals surface area contributed by atoms with E-state index in [4.69, 9.17) is 18.9 Å². The minimum absolute atomic E-state index is 0.177. The lowest BCUT2D eigenvalue weighted by Gasteiger charge is -2.13. The third kappa shape index (κ3) is 4.41. The molecule has 0 saturated carbocycles. The van der Waals surface area contributed by atoms with Crippen LogP contribution in [-0.2, 0) is 11.3 Å². The Morgan fingerprint density at radius 1 is 1.08 bits per heavy atom. The molecule has 0 spiro atoms. The van der Waals surface area contributed by atoms with Gasteiger partial charge in [0.15, 0.2) is 11.5 Å². The summed E-state index contributed by atoms with van der Waals surface area (Å²) < 4.78 is 21.9. The normalized spacial score (nSPS) is 10.2. The van der Waals surface area contributed by atoms with Gasteiger partial charge in [0, 0.05) is 0 Å². The lowest BCUT2D eigenvalue weighted by atomic mass is 10.2. The van der Waals surface area contributed by atoms with Crippen LogP contribution in [0.25, 0.3) is 0 Å². The molecule has 24 heavy (non-hydrogen) atoms. The second kappa shape index (κ2) is 8.59. The Bertz CT molecular complexity index is 697. The second-order valence-electron chi connectivity index (χ2n) is 4.85. The van der Waals surface area contributed by atoms with Crippen molar-refractivity contribution in [3.8, 4) is 17.2 Å². The molecule has 2 rings (SSSR count). The Hall–Kier alpha value is -2.21. The zero-order valence-electron chi connectivity index (χ0n) is 13.8. The van der Waals surface area contributed by atoms with E-state index in [9.17, 15) is 4.79 Å². The topological polar surface area (TPSA) is 54.0 Å². The minimum atomic E-state index is -0.437. The molecule has 0 unspecified atom stereocenters. The van der Waals surface area contributed by atoms with Crippen LogP contribution in [0.3, 0.4) is 0 Å². The summed E-state index contributed by atoms with van der Waals surface area (Å²) in [7, 11) is 3.13. The quantitative estimate of drug-likeness (QED) is 0.657. The van der Waals surface area contributed by atoms with Gasteiger partial charge in [-0.15, -0.1) is 0 Å². The Morgan fingerprint density at radius 2 is 1.79 bits per heavy atom. The first-order valence-corrected chi connectivity index (χ1v) is 8.18. The van der Waals surface area contributed by atoms with Crippen LogP contribution in [0.4, 0.5) is 0 Å². The van der Waals surface area contributed by atoms with Crippen molar-refractivity contribution in [2.45, 2.75) is 13.5 Å². The molecule has 0 bridgehead atoms. The van der Waals surface area contributed by atoms with Crippen molar-refractivity contribution in [3.63, 3.8) is 0 Å². The van der Waals surface area contributed by atoms with Crippen LogP contribution in [0.1, 0.15) is 22.8 Å². The van der Waals surface area contributed by atoms with Gasteiger partial charge in [-0.2, -0.15) is 0 Å². The highest BCUT2D eigenvalue weighted by atomic mass is 79.9. The number of hydrogen-bond acceptors (Lipinski definition) is 5. The van der Waals surface area contributed by atoms with Gasteiger partial charge >= 0.3 is 5.97 Å². The van der Waals surface area contributed by atoms with E-state index in [1.807, 2.05) is 31.2 Å². The summed E-state index contributed by atoms with van der Waals surface area (Å²) in [5, 5.41) is 0.